The minimum atomic E-state index is -0.0824. The molecule has 2 saturated carbocycles. The van der Waals surface area contributed by atoms with E-state index in [1.165, 1.54) is 37.3 Å². The quantitative estimate of drug-likeness (QED) is 0.123. The Labute approximate surface area is 202 Å². The number of likely N-dealkylation sites (tertiary alicyclic amines) is 2. The molecule has 0 aromatic carbocycles. The van der Waals surface area contributed by atoms with Crippen LogP contribution in [0.4, 0.5) is 0 Å². The van der Waals surface area contributed by atoms with Crippen LogP contribution in [0.5, 0.6) is 0 Å². The normalized spacial score (nSPS) is 34.4. The van der Waals surface area contributed by atoms with Gasteiger partial charge in [0.25, 0.3) is 0 Å². The fraction of sp³-hybridized carbons (Fsp3) is 0.783. The highest BCUT2D eigenvalue weighted by Crippen LogP contribution is 2.52. The first-order valence-electron chi connectivity index (χ1n) is 12.0. The summed E-state index contributed by atoms with van der Waals surface area (Å²) in [6.45, 7) is 7.40. The second-order valence-corrected chi connectivity index (χ2v) is 9.71. The molecular weight excluding hydrogens is 505 g/mol. The van der Waals surface area contributed by atoms with Crippen LogP contribution in [0, 0.1) is 29.6 Å². The second kappa shape index (κ2) is 9.77. The lowest BCUT2D eigenvalue weighted by atomic mass is 9.85. The summed E-state index contributed by atoms with van der Waals surface area (Å²) in [5, 5.41) is 6.71. The van der Waals surface area contributed by atoms with E-state index in [0.717, 1.165) is 37.9 Å². The Morgan fingerprint density at radius 1 is 1.10 bits per heavy atom. The van der Waals surface area contributed by atoms with Crippen LogP contribution in [0.3, 0.4) is 0 Å². The van der Waals surface area contributed by atoms with E-state index >= 15 is 0 Å². The van der Waals surface area contributed by atoms with Gasteiger partial charge in [0.2, 0.25) is 11.8 Å². The number of halogens is 1. The van der Waals surface area contributed by atoms with E-state index in [9.17, 15) is 9.59 Å². The van der Waals surface area contributed by atoms with E-state index in [-0.39, 0.29) is 47.6 Å². The lowest BCUT2D eigenvalue weighted by molar-refractivity contribution is -0.140. The summed E-state index contributed by atoms with van der Waals surface area (Å²) in [5.74, 6) is 2.04. The van der Waals surface area contributed by atoms with Crippen LogP contribution >= 0.6 is 24.0 Å². The maximum Gasteiger partial charge on any atom is 0.233 e. The Morgan fingerprint density at radius 2 is 1.81 bits per heavy atom. The third kappa shape index (κ3) is 4.65. The van der Waals surface area contributed by atoms with E-state index < -0.39 is 0 Å². The zero-order valence-corrected chi connectivity index (χ0v) is 20.8. The number of nitrogens with one attached hydrogen (secondary N) is 2. The smallest absolute Gasteiger partial charge is 0.233 e. The minimum Gasteiger partial charge on any atom is -0.357 e. The fourth-order valence-electron chi connectivity index (χ4n) is 5.97. The lowest BCUT2D eigenvalue weighted by Crippen LogP contribution is -2.40. The van der Waals surface area contributed by atoms with Crippen LogP contribution in [0.2, 0.25) is 0 Å². The molecule has 2 saturated heterocycles. The lowest BCUT2D eigenvalue weighted by Gasteiger charge is -2.18. The van der Waals surface area contributed by atoms with Crippen LogP contribution in [-0.4, -0.2) is 72.9 Å². The van der Waals surface area contributed by atoms with Gasteiger partial charge < -0.3 is 15.5 Å². The van der Waals surface area contributed by atoms with Crippen molar-refractivity contribution >= 4 is 41.8 Å². The van der Waals surface area contributed by atoms with Gasteiger partial charge in [0.15, 0.2) is 5.96 Å². The molecule has 5 rings (SSSR count). The third-order valence-corrected chi connectivity index (χ3v) is 7.64. The molecule has 172 valence electrons. The van der Waals surface area contributed by atoms with Gasteiger partial charge in [-0.1, -0.05) is 12.2 Å². The largest absolute Gasteiger partial charge is 0.357 e. The molecule has 0 radical (unpaired) electrons. The van der Waals surface area contributed by atoms with Crippen molar-refractivity contribution in [1.82, 2.24) is 20.4 Å². The van der Waals surface area contributed by atoms with Gasteiger partial charge in [0.05, 0.1) is 11.8 Å². The number of allylic oxidation sites excluding steroid dienone is 2. The molecule has 2 heterocycles. The van der Waals surface area contributed by atoms with Gasteiger partial charge in [-0.15, -0.1) is 24.0 Å². The highest BCUT2D eigenvalue weighted by Gasteiger charge is 2.58. The van der Waals surface area contributed by atoms with Crippen molar-refractivity contribution in [1.29, 1.82) is 0 Å². The van der Waals surface area contributed by atoms with Gasteiger partial charge in [-0.3, -0.25) is 19.5 Å². The number of guanidine groups is 1. The van der Waals surface area contributed by atoms with Crippen molar-refractivity contribution in [3.05, 3.63) is 12.2 Å². The first kappa shape index (κ1) is 23.0. The number of hydrogen-bond donors (Lipinski definition) is 2. The Morgan fingerprint density at radius 3 is 2.45 bits per heavy atom. The summed E-state index contributed by atoms with van der Waals surface area (Å²) in [4.78, 5) is 34.5. The second-order valence-electron chi connectivity index (χ2n) is 9.71. The summed E-state index contributed by atoms with van der Waals surface area (Å²) >= 11 is 0. The molecule has 2 aliphatic heterocycles. The summed E-state index contributed by atoms with van der Waals surface area (Å²) in [6, 6.07) is 0.854. The molecule has 5 atom stereocenters. The van der Waals surface area contributed by atoms with Crippen LogP contribution in [0.15, 0.2) is 17.1 Å². The van der Waals surface area contributed by atoms with Gasteiger partial charge in [0.1, 0.15) is 0 Å². The monoisotopic (exact) mass is 541 g/mol. The van der Waals surface area contributed by atoms with E-state index in [1.807, 2.05) is 0 Å². The van der Waals surface area contributed by atoms with Gasteiger partial charge in [-0.25, -0.2) is 0 Å². The van der Waals surface area contributed by atoms with Crippen molar-refractivity contribution in [2.45, 2.75) is 45.1 Å². The SMILES string of the molecule is CCNC(=NCC1CCN(C2CC2)C1)NCCCN1C(=O)C2C3C=CC(C3)C2C1=O.I. The number of rotatable bonds is 8. The summed E-state index contributed by atoms with van der Waals surface area (Å²) in [7, 11) is 0. The Balaban J connectivity index is 0.00000231. The van der Waals surface area contributed by atoms with Crippen LogP contribution in [0.1, 0.15) is 39.0 Å². The van der Waals surface area contributed by atoms with E-state index in [1.54, 1.807) is 0 Å². The van der Waals surface area contributed by atoms with Crippen LogP contribution < -0.4 is 10.6 Å². The average Bonchev–Trinajstić information content (AvgIpc) is 3.09. The molecule has 2 amide bonds. The molecular formula is C23H36IN5O2. The number of fused-ring (bicyclic) bond motifs is 5. The molecule has 2 N–H and O–H groups in total. The van der Waals surface area contributed by atoms with E-state index in [0.29, 0.717) is 30.8 Å². The molecule has 7 nitrogen and oxygen atoms in total. The van der Waals surface area contributed by atoms with Crippen molar-refractivity contribution in [3.63, 3.8) is 0 Å². The van der Waals surface area contributed by atoms with E-state index in [4.69, 9.17) is 4.99 Å². The van der Waals surface area contributed by atoms with Crippen molar-refractivity contribution in [3.8, 4) is 0 Å². The van der Waals surface area contributed by atoms with Gasteiger partial charge in [-0.2, -0.15) is 0 Å². The Kier molecular flexibility index (Phi) is 7.25. The summed E-state index contributed by atoms with van der Waals surface area (Å²) in [6.07, 6.45) is 10.0. The average molecular weight is 541 g/mol. The highest BCUT2D eigenvalue weighted by atomic mass is 127. The number of aliphatic imine (C=N–C) groups is 1. The molecule has 31 heavy (non-hydrogen) atoms. The maximum absolute atomic E-state index is 12.8. The fourth-order valence-corrected chi connectivity index (χ4v) is 5.97. The Hall–Kier alpha value is -1.16. The first-order valence-corrected chi connectivity index (χ1v) is 12.0. The van der Waals surface area contributed by atoms with Crippen LogP contribution in [0.25, 0.3) is 0 Å². The van der Waals surface area contributed by atoms with Gasteiger partial charge in [0, 0.05) is 38.8 Å². The topological polar surface area (TPSA) is 77.0 Å². The maximum atomic E-state index is 12.8. The summed E-state index contributed by atoms with van der Waals surface area (Å²) < 4.78 is 0. The number of carbonyl (C=O) groups excluding carboxylic acids is 2. The molecule has 4 fully saturated rings. The molecule has 3 aliphatic carbocycles. The van der Waals surface area contributed by atoms with Crippen molar-refractivity contribution in [2.75, 3.05) is 39.3 Å². The molecule has 0 aromatic rings. The van der Waals surface area contributed by atoms with Gasteiger partial charge in [-0.05, 0) is 63.3 Å². The molecule has 5 aliphatic rings. The standard InChI is InChI=1S/C23H35N5O2.HI/c1-2-24-23(26-13-15-8-11-27(14-15)18-6-7-18)25-9-3-10-28-21(29)19-16-4-5-17(12-16)20(19)22(28)30;/h4-5,15-20H,2-3,6-14H2,1H3,(H2,24,25,26);1H. The zero-order chi connectivity index (χ0) is 20.7. The van der Waals surface area contributed by atoms with Crippen LogP contribution in [-0.2, 0) is 9.59 Å². The number of amides is 2. The molecule has 2 bridgehead atoms. The highest BCUT2D eigenvalue weighted by molar-refractivity contribution is 14.0. The number of imide groups is 1. The molecule has 5 unspecified atom stereocenters. The first-order chi connectivity index (χ1) is 14.7. The number of nitrogens with zero attached hydrogens (tertiary/aromatic N) is 3. The van der Waals surface area contributed by atoms with E-state index in [2.05, 4.69) is 34.6 Å². The predicted molar refractivity (Wildman–Crippen MR) is 131 cm³/mol. The molecule has 0 aromatic heterocycles. The molecule has 0 spiro atoms. The molecule has 8 heteroatoms. The number of hydrogen-bond acceptors (Lipinski definition) is 4. The predicted octanol–water partition coefficient (Wildman–Crippen LogP) is 1.84. The number of carbonyl (C=O) groups is 2. The summed E-state index contributed by atoms with van der Waals surface area (Å²) in [5.41, 5.74) is 0. The zero-order valence-electron chi connectivity index (χ0n) is 18.5. The van der Waals surface area contributed by atoms with Gasteiger partial charge >= 0.3 is 0 Å². The minimum absolute atomic E-state index is 0. The van der Waals surface area contributed by atoms with Crippen molar-refractivity contribution in [2.24, 2.45) is 34.6 Å². The van der Waals surface area contributed by atoms with Crippen molar-refractivity contribution < 1.29 is 9.59 Å². The Bertz CT molecular complexity index is 722. The third-order valence-electron chi connectivity index (χ3n) is 7.64.